The Morgan fingerprint density at radius 2 is 2.00 bits per heavy atom. The fraction of sp³-hybridized carbons (Fsp3) is 0.389. The number of aromatic nitrogens is 2. The maximum atomic E-state index is 13.5. The summed E-state index contributed by atoms with van der Waals surface area (Å²) in [6, 6.07) is 10.1. The largest absolute Gasteiger partial charge is 0.368 e. The molecule has 0 aliphatic rings. The highest BCUT2D eigenvalue weighted by molar-refractivity contribution is 5.92. The van der Waals surface area contributed by atoms with Gasteiger partial charge in [-0.3, -0.25) is 4.79 Å². The minimum atomic E-state index is -0.207. The predicted octanol–water partition coefficient (Wildman–Crippen LogP) is 3.14. The van der Waals surface area contributed by atoms with Gasteiger partial charge in [-0.2, -0.15) is 0 Å². The van der Waals surface area contributed by atoms with E-state index in [2.05, 4.69) is 22.4 Å². The molecule has 0 bridgehead atoms. The molecule has 1 amide bonds. The maximum absolute atomic E-state index is 13.5. The predicted molar refractivity (Wildman–Crippen MR) is 92.5 cm³/mol. The molecule has 1 aromatic heterocycles. The second-order valence-corrected chi connectivity index (χ2v) is 5.65. The molecule has 5 nitrogen and oxygen atoms in total. The summed E-state index contributed by atoms with van der Waals surface area (Å²) in [4.78, 5) is 13.8. The molecule has 0 unspecified atom stereocenters. The molecule has 0 saturated carbocycles. The average molecular weight is 330 g/mol. The Morgan fingerprint density at radius 1 is 1.21 bits per heavy atom. The average Bonchev–Trinajstić information content (AvgIpc) is 2.61. The molecule has 0 saturated heterocycles. The van der Waals surface area contributed by atoms with Crippen molar-refractivity contribution in [2.24, 2.45) is 0 Å². The normalized spacial score (nSPS) is 10.5. The quantitative estimate of drug-likeness (QED) is 0.808. The summed E-state index contributed by atoms with van der Waals surface area (Å²) in [5.41, 5.74) is 0.982. The minimum Gasteiger partial charge on any atom is -0.368 e. The number of carbonyl (C=O) groups excluding carboxylic acids is 1. The van der Waals surface area contributed by atoms with E-state index in [1.165, 1.54) is 6.07 Å². The van der Waals surface area contributed by atoms with Crippen molar-refractivity contribution >= 4 is 11.7 Å². The van der Waals surface area contributed by atoms with Crippen LogP contribution in [-0.2, 0) is 6.42 Å². The van der Waals surface area contributed by atoms with Crippen molar-refractivity contribution in [2.45, 2.75) is 26.2 Å². The highest BCUT2D eigenvalue weighted by Crippen LogP contribution is 2.09. The molecule has 1 aromatic carbocycles. The van der Waals surface area contributed by atoms with E-state index in [1.54, 1.807) is 36.2 Å². The minimum absolute atomic E-state index is 0.131. The number of rotatable bonds is 8. The zero-order valence-electron chi connectivity index (χ0n) is 14.1. The van der Waals surface area contributed by atoms with E-state index in [-0.39, 0.29) is 11.7 Å². The maximum Gasteiger partial charge on any atom is 0.274 e. The third-order valence-corrected chi connectivity index (χ3v) is 3.74. The summed E-state index contributed by atoms with van der Waals surface area (Å²) < 4.78 is 13.5. The van der Waals surface area contributed by atoms with Crippen LogP contribution in [0.1, 0.15) is 35.8 Å². The van der Waals surface area contributed by atoms with Crippen LogP contribution in [0.4, 0.5) is 10.2 Å². The lowest BCUT2D eigenvalue weighted by Gasteiger charge is -2.15. The lowest BCUT2D eigenvalue weighted by atomic mass is 10.1. The Balaban J connectivity index is 1.85. The molecule has 0 fully saturated rings. The molecule has 128 valence electrons. The summed E-state index contributed by atoms with van der Waals surface area (Å²) in [6.07, 6.45) is 2.55. The van der Waals surface area contributed by atoms with Crippen molar-refractivity contribution in [1.82, 2.24) is 15.1 Å². The van der Waals surface area contributed by atoms with E-state index >= 15 is 0 Å². The van der Waals surface area contributed by atoms with Gasteiger partial charge in [-0.05, 0) is 36.6 Å². The lowest BCUT2D eigenvalue weighted by molar-refractivity contribution is 0.0786. The first kappa shape index (κ1) is 17.8. The Bertz CT molecular complexity index is 660. The van der Waals surface area contributed by atoms with Crippen molar-refractivity contribution in [3.8, 4) is 0 Å². The van der Waals surface area contributed by atoms with Crippen molar-refractivity contribution in [1.29, 1.82) is 0 Å². The summed E-state index contributed by atoms with van der Waals surface area (Å²) in [6.45, 7) is 3.33. The van der Waals surface area contributed by atoms with Gasteiger partial charge in [0.2, 0.25) is 0 Å². The van der Waals surface area contributed by atoms with Crippen molar-refractivity contribution < 1.29 is 9.18 Å². The molecule has 0 aliphatic carbocycles. The molecular formula is C18H23FN4O. The van der Waals surface area contributed by atoms with Gasteiger partial charge in [0.25, 0.3) is 5.91 Å². The van der Waals surface area contributed by atoms with Crippen LogP contribution >= 0.6 is 0 Å². The molecule has 0 spiro atoms. The molecule has 2 rings (SSSR count). The van der Waals surface area contributed by atoms with Crippen molar-refractivity contribution in [2.75, 3.05) is 25.5 Å². The SMILES string of the molecule is CCCCN(C)C(=O)c1ccc(NCCc2ccccc2F)nn1. The van der Waals surface area contributed by atoms with E-state index in [1.807, 2.05) is 6.07 Å². The molecular weight excluding hydrogens is 307 g/mol. The number of carbonyl (C=O) groups is 1. The molecule has 0 radical (unpaired) electrons. The first-order valence-electron chi connectivity index (χ1n) is 8.18. The van der Waals surface area contributed by atoms with Gasteiger partial charge >= 0.3 is 0 Å². The summed E-state index contributed by atoms with van der Waals surface area (Å²) in [5, 5.41) is 11.1. The van der Waals surface area contributed by atoms with E-state index in [0.717, 1.165) is 12.8 Å². The summed E-state index contributed by atoms with van der Waals surface area (Å²) in [7, 11) is 1.76. The zero-order valence-corrected chi connectivity index (χ0v) is 14.1. The van der Waals surface area contributed by atoms with Crippen LogP contribution in [0.3, 0.4) is 0 Å². The molecule has 0 atom stereocenters. The van der Waals surface area contributed by atoms with Crippen LogP contribution in [0.25, 0.3) is 0 Å². The molecule has 2 aromatic rings. The third-order valence-electron chi connectivity index (χ3n) is 3.74. The number of nitrogens with zero attached hydrogens (tertiary/aromatic N) is 3. The first-order valence-corrected chi connectivity index (χ1v) is 8.18. The standard InChI is InChI=1S/C18H23FN4O/c1-3-4-13-23(2)18(24)16-9-10-17(22-21-16)20-12-11-14-7-5-6-8-15(14)19/h5-10H,3-4,11-13H2,1-2H3,(H,20,22). The Kier molecular flexibility index (Phi) is 6.66. The summed E-state index contributed by atoms with van der Waals surface area (Å²) in [5.74, 6) is 0.231. The van der Waals surface area contributed by atoms with Gasteiger partial charge in [0.05, 0.1) is 0 Å². The fourth-order valence-electron chi connectivity index (χ4n) is 2.26. The highest BCUT2D eigenvalue weighted by atomic mass is 19.1. The number of halogens is 1. The Morgan fingerprint density at radius 3 is 2.67 bits per heavy atom. The van der Waals surface area contributed by atoms with Crippen LogP contribution < -0.4 is 5.32 Å². The number of unbranched alkanes of at least 4 members (excludes halogenated alkanes) is 1. The van der Waals surface area contributed by atoms with E-state index < -0.39 is 0 Å². The van der Waals surface area contributed by atoms with Gasteiger partial charge in [0, 0.05) is 20.1 Å². The first-order chi connectivity index (χ1) is 11.6. The number of anilines is 1. The van der Waals surface area contributed by atoms with Crippen LogP contribution in [-0.4, -0.2) is 41.1 Å². The molecule has 1 heterocycles. The zero-order chi connectivity index (χ0) is 17.4. The third kappa shape index (κ3) is 5.01. The van der Waals surface area contributed by atoms with E-state index in [0.29, 0.717) is 36.6 Å². The topological polar surface area (TPSA) is 58.1 Å². The second-order valence-electron chi connectivity index (χ2n) is 5.65. The Hall–Kier alpha value is -2.50. The van der Waals surface area contributed by atoms with Gasteiger partial charge in [0.1, 0.15) is 11.6 Å². The van der Waals surface area contributed by atoms with Gasteiger partial charge < -0.3 is 10.2 Å². The van der Waals surface area contributed by atoms with Crippen LogP contribution in [0.15, 0.2) is 36.4 Å². The number of benzene rings is 1. The van der Waals surface area contributed by atoms with Gasteiger partial charge in [-0.1, -0.05) is 31.5 Å². The number of amides is 1. The number of hydrogen-bond acceptors (Lipinski definition) is 4. The Labute approximate surface area is 141 Å². The van der Waals surface area contributed by atoms with Crippen molar-refractivity contribution in [3.63, 3.8) is 0 Å². The van der Waals surface area contributed by atoms with Gasteiger partial charge in [-0.25, -0.2) is 4.39 Å². The molecule has 24 heavy (non-hydrogen) atoms. The smallest absolute Gasteiger partial charge is 0.274 e. The van der Waals surface area contributed by atoms with Crippen LogP contribution in [0, 0.1) is 5.82 Å². The number of nitrogens with one attached hydrogen (secondary N) is 1. The molecule has 6 heteroatoms. The fourth-order valence-corrected chi connectivity index (χ4v) is 2.26. The second kappa shape index (κ2) is 8.96. The van der Waals surface area contributed by atoms with Gasteiger partial charge in [0.15, 0.2) is 5.69 Å². The molecule has 0 aliphatic heterocycles. The summed E-state index contributed by atoms with van der Waals surface area (Å²) >= 11 is 0. The molecule has 1 N–H and O–H groups in total. The van der Waals surface area contributed by atoms with Crippen LogP contribution in [0.2, 0.25) is 0 Å². The highest BCUT2D eigenvalue weighted by Gasteiger charge is 2.13. The van der Waals surface area contributed by atoms with E-state index in [9.17, 15) is 9.18 Å². The van der Waals surface area contributed by atoms with E-state index in [4.69, 9.17) is 0 Å². The van der Waals surface area contributed by atoms with Crippen molar-refractivity contribution in [3.05, 3.63) is 53.5 Å². The van der Waals surface area contributed by atoms with Crippen LogP contribution in [0.5, 0.6) is 0 Å². The van der Waals surface area contributed by atoms with Gasteiger partial charge in [-0.15, -0.1) is 10.2 Å². The monoisotopic (exact) mass is 330 g/mol. The lowest BCUT2D eigenvalue weighted by Crippen LogP contribution is -2.28. The number of hydrogen-bond donors (Lipinski definition) is 1.